The van der Waals surface area contributed by atoms with Gasteiger partial charge >= 0.3 is 0 Å². The Morgan fingerprint density at radius 3 is 2.24 bits per heavy atom. The van der Waals surface area contributed by atoms with Gasteiger partial charge in [0.2, 0.25) is 0 Å². The normalized spacial score (nSPS) is 13.1. The van der Waals surface area contributed by atoms with Crippen LogP contribution in [-0.4, -0.2) is 12.5 Å². The van der Waals surface area contributed by atoms with Gasteiger partial charge in [0.05, 0.1) is 0 Å². The third kappa shape index (κ3) is 5.35. The Morgan fingerprint density at radius 1 is 0.960 bits per heavy atom. The Kier molecular flexibility index (Phi) is 7.05. The van der Waals surface area contributed by atoms with Gasteiger partial charge in [0.1, 0.15) is 5.75 Å². The van der Waals surface area contributed by atoms with Gasteiger partial charge in [-0.05, 0) is 54.0 Å². The number of benzene rings is 2. The van der Waals surface area contributed by atoms with Crippen LogP contribution in [0.1, 0.15) is 63.5 Å². The molecule has 25 heavy (non-hydrogen) atoms. The van der Waals surface area contributed by atoms with Crippen LogP contribution in [0.2, 0.25) is 0 Å². The lowest BCUT2D eigenvalue weighted by Gasteiger charge is -2.16. The average molecular weight is 339 g/mol. The Morgan fingerprint density at radius 2 is 1.60 bits per heavy atom. The lowest BCUT2D eigenvalue weighted by atomic mass is 9.97. The number of anilines is 1. The highest BCUT2D eigenvalue weighted by Crippen LogP contribution is 2.26. The van der Waals surface area contributed by atoms with Crippen molar-refractivity contribution < 1.29 is 9.53 Å². The molecule has 0 saturated heterocycles. The lowest BCUT2D eigenvalue weighted by Crippen LogP contribution is -2.21. The van der Waals surface area contributed by atoms with Crippen LogP contribution in [0.3, 0.4) is 0 Å². The van der Waals surface area contributed by atoms with Crippen LogP contribution in [0, 0.1) is 0 Å². The first-order valence-electron chi connectivity index (χ1n) is 9.16. The number of ether oxygens (including phenoxy) is 1. The highest BCUT2D eigenvalue weighted by molar-refractivity contribution is 5.92. The van der Waals surface area contributed by atoms with Crippen LogP contribution >= 0.6 is 0 Å². The van der Waals surface area contributed by atoms with Gasteiger partial charge in [-0.2, -0.15) is 0 Å². The van der Waals surface area contributed by atoms with E-state index in [2.05, 4.69) is 51.2 Å². The summed E-state index contributed by atoms with van der Waals surface area (Å²) in [5.41, 5.74) is 3.33. The molecule has 0 bridgehead atoms. The smallest absolute Gasteiger partial charge is 0.262 e. The second-order valence-electron chi connectivity index (χ2n) is 6.61. The van der Waals surface area contributed by atoms with Gasteiger partial charge in [0.15, 0.2) is 6.61 Å². The SMILES string of the molecule is CC[C@@H](C)c1ccccc1NC(=O)COc1ccc([C@@H](C)CC)cc1. The van der Waals surface area contributed by atoms with Crippen molar-refractivity contribution in [3.8, 4) is 5.75 Å². The molecule has 0 saturated carbocycles. The second kappa shape index (κ2) is 9.26. The van der Waals surface area contributed by atoms with Crippen molar-refractivity contribution in [3.05, 3.63) is 59.7 Å². The van der Waals surface area contributed by atoms with E-state index in [4.69, 9.17) is 4.74 Å². The Balaban J connectivity index is 1.93. The molecule has 0 aliphatic carbocycles. The van der Waals surface area contributed by atoms with E-state index in [0.717, 1.165) is 29.8 Å². The van der Waals surface area contributed by atoms with E-state index >= 15 is 0 Å². The van der Waals surface area contributed by atoms with Gasteiger partial charge < -0.3 is 10.1 Å². The molecule has 134 valence electrons. The van der Waals surface area contributed by atoms with E-state index < -0.39 is 0 Å². The minimum absolute atomic E-state index is 0.0114. The van der Waals surface area contributed by atoms with E-state index in [1.54, 1.807) is 0 Å². The van der Waals surface area contributed by atoms with Crippen LogP contribution in [0.25, 0.3) is 0 Å². The summed E-state index contributed by atoms with van der Waals surface area (Å²) >= 11 is 0. The van der Waals surface area contributed by atoms with Crippen LogP contribution in [-0.2, 0) is 4.79 Å². The summed E-state index contributed by atoms with van der Waals surface area (Å²) in [5, 5.41) is 2.97. The van der Waals surface area contributed by atoms with E-state index in [0.29, 0.717) is 11.8 Å². The summed E-state index contributed by atoms with van der Waals surface area (Å²) in [7, 11) is 0. The van der Waals surface area contributed by atoms with Crippen LogP contribution in [0.5, 0.6) is 5.75 Å². The standard InChI is InChI=1S/C22H29NO2/c1-5-16(3)18-11-13-19(14-12-18)25-15-22(24)23-21-10-8-7-9-20(21)17(4)6-2/h7-14,16-17H,5-6,15H2,1-4H3,(H,23,24)/t16-,17+/m0/s1. The molecule has 0 fully saturated rings. The molecule has 3 nitrogen and oxygen atoms in total. The zero-order valence-electron chi connectivity index (χ0n) is 15.7. The number of hydrogen-bond acceptors (Lipinski definition) is 2. The quantitative estimate of drug-likeness (QED) is 0.667. The molecular weight excluding hydrogens is 310 g/mol. The topological polar surface area (TPSA) is 38.3 Å². The summed E-state index contributed by atoms with van der Waals surface area (Å²) in [6.45, 7) is 8.71. The predicted molar refractivity (Wildman–Crippen MR) is 104 cm³/mol. The number of carbonyl (C=O) groups is 1. The van der Waals surface area contributed by atoms with Crippen molar-refractivity contribution in [2.45, 2.75) is 52.4 Å². The maximum atomic E-state index is 12.2. The average Bonchev–Trinajstić information content (AvgIpc) is 2.66. The zero-order valence-corrected chi connectivity index (χ0v) is 15.7. The van der Waals surface area contributed by atoms with Gasteiger partial charge in [-0.25, -0.2) is 0 Å². The second-order valence-corrected chi connectivity index (χ2v) is 6.61. The summed E-state index contributed by atoms with van der Waals surface area (Å²) in [6, 6.07) is 16.0. The molecule has 0 radical (unpaired) electrons. The molecule has 0 aliphatic rings. The molecule has 0 spiro atoms. The number of rotatable bonds is 8. The van der Waals surface area contributed by atoms with Crippen molar-refractivity contribution in [1.82, 2.24) is 0 Å². The van der Waals surface area contributed by atoms with Crippen molar-refractivity contribution in [2.24, 2.45) is 0 Å². The van der Waals surface area contributed by atoms with Crippen molar-refractivity contribution >= 4 is 11.6 Å². The Labute approximate surface area is 151 Å². The minimum atomic E-state index is -0.137. The molecule has 2 atom stereocenters. The number of para-hydroxylation sites is 1. The van der Waals surface area contributed by atoms with Gasteiger partial charge in [0.25, 0.3) is 5.91 Å². The summed E-state index contributed by atoms with van der Waals surface area (Å²) in [4.78, 5) is 12.2. The third-order valence-corrected chi connectivity index (χ3v) is 4.81. The molecule has 1 N–H and O–H groups in total. The Hall–Kier alpha value is -2.29. The molecule has 3 heteroatoms. The van der Waals surface area contributed by atoms with Crippen LogP contribution in [0.15, 0.2) is 48.5 Å². The maximum absolute atomic E-state index is 12.2. The first kappa shape index (κ1) is 19.0. The summed E-state index contributed by atoms with van der Waals surface area (Å²) in [5.74, 6) is 1.53. The predicted octanol–water partition coefficient (Wildman–Crippen LogP) is 5.73. The molecular formula is C22H29NO2. The minimum Gasteiger partial charge on any atom is -0.484 e. The number of nitrogens with one attached hydrogen (secondary N) is 1. The first-order chi connectivity index (χ1) is 12.0. The molecule has 2 aromatic carbocycles. The molecule has 0 unspecified atom stereocenters. The summed E-state index contributed by atoms with van der Waals surface area (Å²) in [6.07, 6.45) is 2.14. The van der Waals surface area contributed by atoms with Gasteiger partial charge in [-0.3, -0.25) is 4.79 Å². The molecule has 2 aromatic rings. The Bertz CT molecular complexity index is 679. The van der Waals surface area contributed by atoms with E-state index in [1.807, 2.05) is 30.3 Å². The molecule has 0 aliphatic heterocycles. The van der Waals surface area contributed by atoms with E-state index in [-0.39, 0.29) is 12.5 Å². The van der Waals surface area contributed by atoms with Crippen molar-refractivity contribution in [2.75, 3.05) is 11.9 Å². The van der Waals surface area contributed by atoms with E-state index in [9.17, 15) is 4.79 Å². The zero-order chi connectivity index (χ0) is 18.2. The molecule has 2 rings (SSSR count). The fourth-order valence-corrected chi connectivity index (χ4v) is 2.72. The fourth-order valence-electron chi connectivity index (χ4n) is 2.72. The van der Waals surface area contributed by atoms with Crippen LogP contribution < -0.4 is 10.1 Å². The van der Waals surface area contributed by atoms with Gasteiger partial charge in [0, 0.05) is 5.69 Å². The van der Waals surface area contributed by atoms with Crippen LogP contribution in [0.4, 0.5) is 5.69 Å². The fraction of sp³-hybridized carbons (Fsp3) is 0.409. The highest BCUT2D eigenvalue weighted by atomic mass is 16.5. The number of carbonyl (C=O) groups excluding carboxylic acids is 1. The maximum Gasteiger partial charge on any atom is 0.262 e. The molecule has 1 amide bonds. The number of amides is 1. The summed E-state index contributed by atoms with van der Waals surface area (Å²) < 4.78 is 5.62. The largest absolute Gasteiger partial charge is 0.484 e. The molecule has 0 aromatic heterocycles. The first-order valence-corrected chi connectivity index (χ1v) is 9.16. The highest BCUT2D eigenvalue weighted by Gasteiger charge is 2.11. The third-order valence-electron chi connectivity index (χ3n) is 4.81. The van der Waals surface area contributed by atoms with E-state index in [1.165, 1.54) is 5.56 Å². The van der Waals surface area contributed by atoms with Crippen molar-refractivity contribution in [1.29, 1.82) is 0 Å². The van der Waals surface area contributed by atoms with Gasteiger partial charge in [-0.15, -0.1) is 0 Å². The lowest BCUT2D eigenvalue weighted by molar-refractivity contribution is -0.118. The van der Waals surface area contributed by atoms with Gasteiger partial charge in [-0.1, -0.05) is 58.0 Å². The molecule has 0 heterocycles. The number of hydrogen-bond donors (Lipinski definition) is 1. The van der Waals surface area contributed by atoms with Crippen molar-refractivity contribution in [3.63, 3.8) is 0 Å². The monoisotopic (exact) mass is 339 g/mol.